The first-order valence-corrected chi connectivity index (χ1v) is 5.32. The van der Waals surface area contributed by atoms with Crippen LogP contribution in [0.1, 0.15) is 16.8 Å². The number of hydrogen-bond acceptors (Lipinski definition) is 3. The van der Waals surface area contributed by atoms with Gasteiger partial charge in [-0.3, -0.25) is 4.79 Å². The summed E-state index contributed by atoms with van der Waals surface area (Å²) in [6.45, 7) is 0.532. The highest BCUT2D eigenvalue weighted by Gasteiger charge is 2.48. The standard InChI is InChI=1S/C12H11NO3/c14-11(8-4-2-1-3-5-8)13-7-9-6-10(13)12(15)16-9/h1-5,9-10H,6-7H2. The molecule has 4 nitrogen and oxygen atoms in total. The molecule has 0 aliphatic carbocycles. The van der Waals surface area contributed by atoms with Crippen molar-refractivity contribution >= 4 is 11.9 Å². The van der Waals surface area contributed by atoms with E-state index in [0.717, 1.165) is 0 Å². The van der Waals surface area contributed by atoms with Crippen LogP contribution in [0.3, 0.4) is 0 Å². The van der Waals surface area contributed by atoms with E-state index in [4.69, 9.17) is 4.74 Å². The molecule has 2 aliphatic heterocycles. The van der Waals surface area contributed by atoms with Crippen LogP contribution >= 0.6 is 0 Å². The van der Waals surface area contributed by atoms with Crippen LogP contribution in [0, 0.1) is 0 Å². The largest absolute Gasteiger partial charge is 0.459 e. The first kappa shape index (κ1) is 9.39. The van der Waals surface area contributed by atoms with E-state index in [2.05, 4.69) is 0 Å². The molecule has 4 heteroatoms. The molecule has 16 heavy (non-hydrogen) atoms. The Balaban J connectivity index is 1.85. The Morgan fingerprint density at radius 1 is 1.31 bits per heavy atom. The molecular formula is C12H11NO3. The van der Waals surface area contributed by atoms with E-state index in [9.17, 15) is 9.59 Å². The fraction of sp³-hybridized carbons (Fsp3) is 0.333. The molecule has 2 unspecified atom stereocenters. The fourth-order valence-corrected chi connectivity index (χ4v) is 2.32. The van der Waals surface area contributed by atoms with E-state index in [1.807, 2.05) is 18.2 Å². The van der Waals surface area contributed by atoms with Gasteiger partial charge in [0.2, 0.25) is 0 Å². The van der Waals surface area contributed by atoms with E-state index < -0.39 is 0 Å². The maximum absolute atomic E-state index is 12.1. The van der Waals surface area contributed by atoms with Gasteiger partial charge in [-0.1, -0.05) is 18.2 Å². The van der Waals surface area contributed by atoms with Crippen LogP contribution in [0.25, 0.3) is 0 Å². The first-order valence-electron chi connectivity index (χ1n) is 5.32. The third-order valence-corrected chi connectivity index (χ3v) is 3.10. The Hall–Kier alpha value is -1.84. The Morgan fingerprint density at radius 2 is 2.06 bits per heavy atom. The molecule has 0 spiro atoms. The molecule has 2 atom stereocenters. The Morgan fingerprint density at radius 3 is 2.69 bits per heavy atom. The van der Waals surface area contributed by atoms with Gasteiger partial charge in [0.15, 0.2) is 0 Å². The maximum atomic E-state index is 12.1. The number of amides is 1. The third-order valence-electron chi connectivity index (χ3n) is 3.10. The van der Waals surface area contributed by atoms with Crippen LogP contribution in [0.4, 0.5) is 0 Å². The van der Waals surface area contributed by atoms with Gasteiger partial charge in [0, 0.05) is 12.0 Å². The molecule has 2 fully saturated rings. The molecule has 1 amide bonds. The topological polar surface area (TPSA) is 46.6 Å². The second-order valence-electron chi connectivity index (χ2n) is 4.13. The van der Waals surface area contributed by atoms with Crippen molar-refractivity contribution in [3.63, 3.8) is 0 Å². The van der Waals surface area contributed by atoms with Gasteiger partial charge in [-0.2, -0.15) is 0 Å². The lowest BCUT2D eigenvalue weighted by atomic mass is 10.2. The number of rotatable bonds is 1. The molecule has 2 saturated heterocycles. The minimum Gasteiger partial charge on any atom is -0.459 e. The van der Waals surface area contributed by atoms with Crippen LogP contribution < -0.4 is 0 Å². The van der Waals surface area contributed by atoms with Gasteiger partial charge >= 0.3 is 5.97 Å². The summed E-state index contributed by atoms with van der Waals surface area (Å²) in [4.78, 5) is 25.1. The smallest absolute Gasteiger partial charge is 0.329 e. The van der Waals surface area contributed by atoms with E-state index in [0.29, 0.717) is 18.5 Å². The van der Waals surface area contributed by atoms with Gasteiger partial charge in [0.05, 0.1) is 6.54 Å². The molecule has 0 N–H and O–H groups in total. The number of fused-ring (bicyclic) bond motifs is 2. The van der Waals surface area contributed by atoms with Crippen molar-refractivity contribution in [3.8, 4) is 0 Å². The van der Waals surface area contributed by atoms with Crippen molar-refractivity contribution in [2.75, 3.05) is 6.54 Å². The predicted molar refractivity (Wildman–Crippen MR) is 55.8 cm³/mol. The lowest BCUT2D eigenvalue weighted by molar-refractivity contribution is -0.149. The van der Waals surface area contributed by atoms with Crippen molar-refractivity contribution in [1.82, 2.24) is 4.90 Å². The molecule has 0 saturated carbocycles. The lowest BCUT2D eigenvalue weighted by Crippen LogP contribution is -2.44. The monoisotopic (exact) mass is 217 g/mol. The van der Waals surface area contributed by atoms with Gasteiger partial charge in [-0.05, 0) is 12.1 Å². The first-order chi connectivity index (χ1) is 7.75. The summed E-state index contributed by atoms with van der Waals surface area (Å²) in [5.74, 6) is -0.342. The van der Waals surface area contributed by atoms with Crippen LogP contribution in [0.2, 0.25) is 0 Å². The molecule has 0 aromatic heterocycles. The minimum atomic E-state index is -0.363. The Kier molecular flexibility index (Phi) is 1.96. The van der Waals surface area contributed by atoms with Gasteiger partial charge in [-0.15, -0.1) is 0 Å². The number of nitrogens with zero attached hydrogens (tertiary/aromatic N) is 1. The molecule has 2 bridgehead atoms. The summed E-state index contributed by atoms with van der Waals surface area (Å²) in [7, 11) is 0. The number of esters is 1. The number of morpholine rings is 1. The molecule has 2 aliphatic rings. The van der Waals surface area contributed by atoms with Crippen molar-refractivity contribution in [2.24, 2.45) is 0 Å². The minimum absolute atomic E-state index is 0.0789. The lowest BCUT2D eigenvalue weighted by Gasteiger charge is -2.25. The molecule has 3 rings (SSSR count). The summed E-state index contributed by atoms with van der Waals surface area (Å²) in [6, 6.07) is 8.66. The van der Waals surface area contributed by atoms with Crippen LogP contribution in [-0.4, -0.2) is 35.5 Å². The number of hydrogen-bond donors (Lipinski definition) is 0. The van der Waals surface area contributed by atoms with Gasteiger partial charge in [0.25, 0.3) is 5.91 Å². The van der Waals surface area contributed by atoms with E-state index in [1.165, 1.54) is 0 Å². The highest BCUT2D eigenvalue weighted by atomic mass is 16.6. The zero-order valence-electron chi connectivity index (χ0n) is 8.63. The zero-order valence-corrected chi connectivity index (χ0v) is 8.63. The summed E-state index contributed by atoms with van der Waals surface area (Å²) in [5.41, 5.74) is 0.628. The van der Waals surface area contributed by atoms with Crippen molar-refractivity contribution in [3.05, 3.63) is 35.9 Å². The van der Waals surface area contributed by atoms with Gasteiger partial charge < -0.3 is 9.64 Å². The highest BCUT2D eigenvalue weighted by Crippen LogP contribution is 2.30. The SMILES string of the molecule is O=C1OC2CC1N(C(=O)c1ccccc1)C2. The second kappa shape index (κ2) is 3.33. The third kappa shape index (κ3) is 1.30. The van der Waals surface area contributed by atoms with Crippen LogP contribution in [0.15, 0.2) is 30.3 Å². The number of ether oxygens (including phenoxy) is 1. The van der Waals surface area contributed by atoms with E-state index in [1.54, 1.807) is 17.0 Å². The summed E-state index contributed by atoms with van der Waals surface area (Å²) < 4.78 is 5.04. The van der Waals surface area contributed by atoms with Crippen LogP contribution in [0.5, 0.6) is 0 Å². The van der Waals surface area contributed by atoms with Crippen molar-refractivity contribution in [2.45, 2.75) is 18.6 Å². The number of benzene rings is 1. The quantitative estimate of drug-likeness (QED) is 0.654. The molecule has 2 heterocycles. The Labute approximate surface area is 92.8 Å². The van der Waals surface area contributed by atoms with Gasteiger partial charge in [-0.25, -0.2) is 4.79 Å². The maximum Gasteiger partial charge on any atom is 0.329 e. The second-order valence-corrected chi connectivity index (χ2v) is 4.13. The van der Waals surface area contributed by atoms with Crippen LogP contribution in [-0.2, 0) is 9.53 Å². The number of carbonyl (C=O) groups excluding carboxylic acids is 2. The average molecular weight is 217 g/mol. The highest BCUT2D eigenvalue weighted by molar-refractivity contribution is 5.98. The zero-order chi connectivity index (χ0) is 11.1. The summed E-state index contributed by atoms with van der Waals surface area (Å²) >= 11 is 0. The number of likely N-dealkylation sites (tertiary alicyclic amines) is 1. The van der Waals surface area contributed by atoms with Crippen molar-refractivity contribution < 1.29 is 14.3 Å². The average Bonchev–Trinajstić information content (AvgIpc) is 2.88. The molecule has 82 valence electrons. The van der Waals surface area contributed by atoms with E-state index >= 15 is 0 Å². The normalized spacial score (nSPS) is 27.0. The molecule has 0 radical (unpaired) electrons. The molecule has 1 aromatic rings. The summed E-state index contributed by atoms with van der Waals surface area (Å²) in [5, 5.41) is 0. The molecule has 1 aromatic carbocycles. The summed E-state index contributed by atoms with van der Waals surface area (Å²) in [6.07, 6.45) is 0.558. The fourth-order valence-electron chi connectivity index (χ4n) is 2.32. The number of carbonyl (C=O) groups is 2. The Bertz CT molecular complexity index is 443. The predicted octanol–water partition coefficient (Wildman–Crippen LogP) is 0.826. The van der Waals surface area contributed by atoms with Crippen molar-refractivity contribution in [1.29, 1.82) is 0 Å². The molecular weight excluding hydrogens is 206 g/mol. The van der Waals surface area contributed by atoms with E-state index in [-0.39, 0.29) is 24.0 Å². The van der Waals surface area contributed by atoms with Gasteiger partial charge in [0.1, 0.15) is 12.1 Å².